The zero-order valence-electron chi connectivity index (χ0n) is 20.2. The number of halogens is 3. The summed E-state index contributed by atoms with van der Waals surface area (Å²) in [7, 11) is 0.320. The van der Waals surface area contributed by atoms with Crippen LogP contribution in [-0.4, -0.2) is 85.9 Å². The van der Waals surface area contributed by atoms with E-state index in [1.165, 1.54) is 16.4 Å². The van der Waals surface area contributed by atoms with Crippen LogP contribution in [0.15, 0.2) is 41.3 Å². The number of fused-ring (bicyclic) bond motifs is 1. The molecule has 0 bridgehead atoms. The summed E-state index contributed by atoms with van der Waals surface area (Å²) in [5.41, 5.74) is 0.882. The van der Waals surface area contributed by atoms with Gasteiger partial charge >= 0.3 is 0 Å². The highest BCUT2D eigenvalue weighted by molar-refractivity contribution is 7.89. The van der Waals surface area contributed by atoms with Crippen molar-refractivity contribution < 1.29 is 8.42 Å². The molecule has 0 saturated carbocycles. The number of para-hydroxylation sites is 1. The van der Waals surface area contributed by atoms with E-state index in [9.17, 15) is 8.42 Å². The second-order valence-electron chi connectivity index (χ2n) is 8.94. The second kappa shape index (κ2) is 11.8. The maximum absolute atomic E-state index is 13.2. The summed E-state index contributed by atoms with van der Waals surface area (Å²) in [5, 5.41) is 4.65. The number of benzene rings is 2. The van der Waals surface area contributed by atoms with Gasteiger partial charge in [0.2, 0.25) is 10.0 Å². The third-order valence-electron chi connectivity index (χ3n) is 6.04. The van der Waals surface area contributed by atoms with Crippen LogP contribution in [-0.2, 0) is 16.6 Å². The topological polar surface area (TPSA) is 81.7 Å². The minimum atomic E-state index is -3.80. The van der Waals surface area contributed by atoms with Gasteiger partial charge in [-0.25, -0.2) is 18.4 Å². The first-order valence-electron chi connectivity index (χ1n) is 11.7. The number of hydrogen-bond donors (Lipinski definition) is 1. The molecule has 194 valence electrons. The smallest absolute Gasteiger partial charge is 0.244 e. The van der Waals surface area contributed by atoms with Gasteiger partial charge in [0, 0.05) is 38.1 Å². The standard InChI is InChI=1S/C24H29Cl3N6O2S/c1-31(2)11-5-10-28-24-17-6-3-4-7-19(17)29-21(30-24)16-32-12-14-33(15-13-32)36(34,35)20-9-8-18(25)22(26)23(20)27/h3-4,6-9H,5,10-16H2,1-2H3,(H,28,29,30). The highest BCUT2D eigenvalue weighted by Gasteiger charge is 2.31. The Labute approximate surface area is 227 Å². The lowest BCUT2D eigenvalue weighted by atomic mass is 10.2. The molecule has 0 unspecified atom stereocenters. The van der Waals surface area contributed by atoms with E-state index in [0.29, 0.717) is 38.5 Å². The Bertz CT molecular complexity index is 1330. The van der Waals surface area contributed by atoms with Crippen molar-refractivity contribution in [2.75, 3.05) is 58.7 Å². The number of nitrogens with zero attached hydrogens (tertiary/aromatic N) is 5. The molecular formula is C24H29Cl3N6O2S. The number of anilines is 1. The van der Waals surface area contributed by atoms with Crippen LogP contribution < -0.4 is 5.32 Å². The molecule has 1 N–H and O–H groups in total. The lowest BCUT2D eigenvalue weighted by Gasteiger charge is -2.33. The van der Waals surface area contributed by atoms with Crippen LogP contribution in [0.5, 0.6) is 0 Å². The van der Waals surface area contributed by atoms with Crippen molar-refractivity contribution in [3.8, 4) is 0 Å². The number of nitrogens with one attached hydrogen (secondary N) is 1. The molecular weight excluding hydrogens is 543 g/mol. The largest absolute Gasteiger partial charge is 0.369 e. The quantitative estimate of drug-likeness (QED) is 0.300. The molecule has 1 fully saturated rings. The molecule has 1 saturated heterocycles. The van der Waals surface area contributed by atoms with Crippen molar-refractivity contribution in [3.05, 3.63) is 57.3 Å². The molecule has 36 heavy (non-hydrogen) atoms. The molecule has 12 heteroatoms. The van der Waals surface area contributed by atoms with E-state index in [0.717, 1.165) is 36.2 Å². The van der Waals surface area contributed by atoms with E-state index in [4.69, 9.17) is 44.8 Å². The van der Waals surface area contributed by atoms with Gasteiger partial charge in [-0.2, -0.15) is 4.31 Å². The van der Waals surface area contributed by atoms with Crippen LogP contribution in [0.1, 0.15) is 12.2 Å². The molecule has 0 amide bonds. The van der Waals surface area contributed by atoms with E-state index in [2.05, 4.69) is 29.2 Å². The Balaban J connectivity index is 1.44. The van der Waals surface area contributed by atoms with E-state index in [1.807, 2.05) is 24.3 Å². The van der Waals surface area contributed by atoms with Crippen LogP contribution in [0.2, 0.25) is 15.1 Å². The summed E-state index contributed by atoms with van der Waals surface area (Å²) in [4.78, 5) is 13.8. The number of aromatic nitrogens is 2. The van der Waals surface area contributed by atoms with Gasteiger partial charge in [0.25, 0.3) is 0 Å². The van der Waals surface area contributed by atoms with Gasteiger partial charge in [-0.1, -0.05) is 46.9 Å². The molecule has 8 nitrogen and oxygen atoms in total. The third-order valence-corrected chi connectivity index (χ3v) is 9.38. The summed E-state index contributed by atoms with van der Waals surface area (Å²) in [6.45, 7) is 4.05. The maximum Gasteiger partial charge on any atom is 0.244 e. The van der Waals surface area contributed by atoms with Crippen molar-refractivity contribution in [1.29, 1.82) is 0 Å². The third kappa shape index (κ3) is 6.22. The molecule has 1 aliphatic rings. The molecule has 4 rings (SSSR count). The minimum Gasteiger partial charge on any atom is -0.369 e. The average molecular weight is 572 g/mol. The highest BCUT2D eigenvalue weighted by Crippen LogP contribution is 2.36. The number of rotatable bonds is 9. The van der Waals surface area contributed by atoms with Crippen LogP contribution >= 0.6 is 34.8 Å². The minimum absolute atomic E-state index is 0.0325. The van der Waals surface area contributed by atoms with Gasteiger partial charge in [0.1, 0.15) is 16.5 Å². The average Bonchev–Trinajstić information content (AvgIpc) is 2.85. The van der Waals surface area contributed by atoms with Crippen LogP contribution in [0, 0.1) is 0 Å². The molecule has 3 aromatic rings. The number of hydrogen-bond acceptors (Lipinski definition) is 7. The molecule has 0 radical (unpaired) electrons. The lowest BCUT2D eigenvalue weighted by molar-refractivity contribution is 0.178. The van der Waals surface area contributed by atoms with Crippen molar-refractivity contribution in [3.63, 3.8) is 0 Å². The number of sulfonamides is 1. The fraction of sp³-hybridized carbons (Fsp3) is 0.417. The second-order valence-corrected chi connectivity index (χ2v) is 12.0. The first-order chi connectivity index (χ1) is 17.2. The van der Waals surface area contributed by atoms with Crippen LogP contribution in [0.25, 0.3) is 10.9 Å². The molecule has 1 aromatic heterocycles. The Hall–Kier alpha value is -1.72. The summed E-state index contributed by atoms with van der Waals surface area (Å²) < 4.78 is 27.8. The maximum atomic E-state index is 13.2. The van der Waals surface area contributed by atoms with Crippen molar-refractivity contribution in [1.82, 2.24) is 24.1 Å². The Kier molecular flexibility index (Phi) is 8.93. The Morgan fingerprint density at radius 1 is 0.972 bits per heavy atom. The fourth-order valence-corrected chi connectivity index (χ4v) is 6.48. The molecule has 2 heterocycles. The summed E-state index contributed by atoms with van der Waals surface area (Å²) in [5.74, 6) is 1.53. The number of piperazine rings is 1. The normalized spacial score (nSPS) is 15.6. The van der Waals surface area contributed by atoms with Crippen LogP contribution in [0.4, 0.5) is 5.82 Å². The zero-order valence-corrected chi connectivity index (χ0v) is 23.3. The van der Waals surface area contributed by atoms with E-state index in [-0.39, 0.29) is 20.0 Å². The molecule has 1 aliphatic heterocycles. The van der Waals surface area contributed by atoms with E-state index in [1.54, 1.807) is 0 Å². The monoisotopic (exact) mass is 570 g/mol. The van der Waals surface area contributed by atoms with E-state index >= 15 is 0 Å². The van der Waals surface area contributed by atoms with Crippen molar-refractivity contribution in [2.45, 2.75) is 17.9 Å². The van der Waals surface area contributed by atoms with Crippen molar-refractivity contribution >= 4 is 61.5 Å². The first-order valence-corrected chi connectivity index (χ1v) is 14.2. The highest BCUT2D eigenvalue weighted by atomic mass is 35.5. The predicted molar refractivity (Wildman–Crippen MR) is 147 cm³/mol. The molecule has 2 aromatic carbocycles. The molecule has 0 aliphatic carbocycles. The lowest BCUT2D eigenvalue weighted by Crippen LogP contribution is -2.48. The Morgan fingerprint density at radius 3 is 2.42 bits per heavy atom. The first kappa shape index (κ1) is 27.3. The van der Waals surface area contributed by atoms with Gasteiger partial charge in [-0.05, 0) is 51.3 Å². The van der Waals surface area contributed by atoms with Gasteiger partial charge < -0.3 is 10.2 Å². The van der Waals surface area contributed by atoms with Crippen molar-refractivity contribution in [2.24, 2.45) is 0 Å². The molecule has 0 atom stereocenters. The zero-order chi connectivity index (χ0) is 25.9. The van der Waals surface area contributed by atoms with E-state index < -0.39 is 10.0 Å². The summed E-state index contributed by atoms with van der Waals surface area (Å²) >= 11 is 18.2. The van der Waals surface area contributed by atoms with Gasteiger partial charge in [0.05, 0.1) is 27.1 Å². The SMILES string of the molecule is CN(C)CCCNc1nc(CN2CCN(S(=O)(=O)c3ccc(Cl)c(Cl)c3Cl)CC2)nc2ccccc12. The summed E-state index contributed by atoms with van der Waals surface area (Å²) in [6, 6.07) is 10.8. The van der Waals surface area contributed by atoms with Gasteiger partial charge in [-0.15, -0.1) is 0 Å². The van der Waals surface area contributed by atoms with Gasteiger partial charge in [0.15, 0.2) is 0 Å². The van der Waals surface area contributed by atoms with Crippen LogP contribution in [0.3, 0.4) is 0 Å². The van der Waals surface area contributed by atoms with Gasteiger partial charge in [-0.3, -0.25) is 4.90 Å². The Morgan fingerprint density at radius 2 is 1.69 bits per heavy atom. The fourth-order valence-electron chi connectivity index (χ4n) is 4.11. The summed E-state index contributed by atoms with van der Waals surface area (Å²) in [6.07, 6.45) is 1.000. The molecule has 0 spiro atoms. The predicted octanol–water partition coefficient (Wildman–Crippen LogP) is 4.46.